The van der Waals surface area contributed by atoms with Gasteiger partial charge < -0.3 is 13.7 Å². The second kappa shape index (κ2) is 7.47. The van der Waals surface area contributed by atoms with E-state index in [2.05, 4.69) is 9.88 Å². The first-order valence-corrected chi connectivity index (χ1v) is 9.69. The maximum absolute atomic E-state index is 12.5. The van der Waals surface area contributed by atoms with Gasteiger partial charge in [-0.05, 0) is 36.9 Å². The topological polar surface area (TPSA) is 62.7 Å². The van der Waals surface area contributed by atoms with Crippen molar-refractivity contribution < 1.29 is 13.6 Å². The third-order valence-corrected chi connectivity index (χ3v) is 5.33. The number of nitrogens with zero attached hydrogens (tertiary/aromatic N) is 3. The lowest BCUT2D eigenvalue weighted by Crippen LogP contribution is -2.35. The van der Waals surface area contributed by atoms with Crippen LogP contribution < -0.4 is 0 Å². The lowest BCUT2D eigenvalue weighted by Gasteiger charge is -2.20. The zero-order chi connectivity index (χ0) is 17.9. The van der Waals surface area contributed by atoms with Crippen LogP contribution in [-0.4, -0.2) is 46.9 Å². The number of carbonyl (C=O) groups excluding carboxylic acids is 1. The van der Waals surface area contributed by atoms with Crippen LogP contribution in [0.5, 0.6) is 0 Å². The lowest BCUT2D eigenvalue weighted by molar-refractivity contribution is 0.0729. The number of rotatable bonds is 4. The van der Waals surface area contributed by atoms with Gasteiger partial charge in [0.1, 0.15) is 5.76 Å². The number of hydrogen-bond acceptors (Lipinski definition) is 6. The predicted octanol–water partition coefficient (Wildman–Crippen LogP) is 3.65. The van der Waals surface area contributed by atoms with E-state index >= 15 is 0 Å². The summed E-state index contributed by atoms with van der Waals surface area (Å²) in [6, 6.07) is 5.48. The van der Waals surface area contributed by atoms with Gasteiger partial charge in [-0.25, -0.2) is 4.98 Å². The van der Waals surface area contributed by atoms with E-state index in [0.717, 1.165) is 49.6 Å². The minimum absolute atomic E-state index is 0.0331. The van der Waals surface area contributed by atoms with Gasteiger partial charge in [-0.3, -0.25) is 9.69 Å². The maximum Gasteiger partial charge on any atom is 0.289 e. The van der Waals surface area contributed by atoms with Crippen molar-refractivity contribution in [1.82, 2.24) is 14.8 Å². The Bertz CT molecular complexity index is 855. The summed E-state index contributed by atoms with van der Waals surface area (Å²) in [5.74, 6) is 1.92. The maximum atomic E-state index is 12.5. The Kier molecular flexibility index (Phi) is 4.90. The van der Waals surface area contributed by atoms with Gasteiger partial charge in [0.15, 0.2) is 5.76 Å². The number of hydrogen-bond donors (Lipinski definition) is 0. The standard InChI is InChI=1S/C19H21N3O3S/c1-14-16(20-18(25-14)15-5-11-26-13-15)12-21-6-3-7-22(9-8-21)19(23)17-4-2-10-24-17/h2,4-5,10-11,13H,3,6-9,12H2,1H3. The molecule has 7 heteroatoms. The highest BCUT2D eigenvalue weighted by Gasteiger charge is 2.23. The second-order valence-corrected chi connectivity index (χ2v) is 7.21. The number of amides is 1. The minimum Gasteiger partial charge on any atom is -0.459 e. The molecule has 6 nitrogen and oxygen atoms in total. The zero-order valence-corrected chi connectivity index (χ0v) is 15.5. The van der Waals surface area contributed by atoms with Crippen molar-refractivity contribution in [3.05, 3.63) is 52.4 Å². The highest BCUT2D eigenvalue weighted by Crippen LogP contribution is 2.24. The van der Waals surface area contributed by atoms with Crippen LogP contribution in [0.15, 0.2) is 44.1 Å². The van der Waals surface area contributed by atoms with Crippen LogP contribution in [0.2, 0.25) is 0 Å². The van der Waals surface area contributed by atoms with Gasteiger partial charge in [-0.15, -0.1) is 0 Å². The first-order valence-electron chi connectivity index (χ1n) is 8.75. The Morgan fingerprint density at radius 2 is 2.19 bits per heavy atom. The molecule has 4 rings (SSSR count). The number of furan rings is 1. The Hall–Kier alpha value is -2.38. The number of aryl methyl sites for hydroxylation is 1. The first-order chi connectivity index (χ1) is 12.7. The Morgan fingerprint density at radius 1 is 1.27 bits per heavy atom. The Labute approximate surface area is 156 Å². The lowest BCUT2D eigenvalue weighted by atomic mass is 10.3. The molecule has 4 heterocycles. The SMILES string of the molecule is Cc1oc(-c2ccsc2)nc1CN1CCCN(C(=O)c2ccco2)CC1. The molecular formula is C19H21N3O3S. The summed E-state index contributed by atoms with van der Waals surface area (Å²) < 4.78 is 11.1. The van der Waals surface area contributed by atoms with E-state index in [1.165, 1.54) is 6.26 Å². The Balaban J connectivity index is 1.40. The molecule has 0 N–H and O–H groups in total. The predicted molar refractivity (Wildman–Crippen MR) is 99.1 cm³/mol. The quantitative estimate of drug-likeness (QED) is 0.700. The fourth-order valence-corrected chi connectivity index (χ4v) is 3.81. The van der Waals surface area contributed by atoms with Gasteiger partial charge in [0, 0.05) is 43.7 Å². The van der Waals surface area contributed by atoms with Crippen LogP contribution in [0.4, 0.5) is 0 Å². The summed E-state index contributed by atoms with van der Waals surface area (Å²) in [7, 11) is 0. The summed E-state index contributed by atoms with van der Waals surface area (Å²) >= 11 is 1.63. The van der Waals surface area contributed by atoms with Gasteiger partial charge in [-0.1, -0.05) is 0 Å². The van der Waals surface area contributed by atoms with E-state index in [9.17, 15) is 4.79 Å². The average Bonchev–Trinajstić information content (AvgIpc) is 3.37. The number of aromatic nitrogens is 1. The van der Waals surface area contributed by atoms with Crippen LogP contribution in [-0.2, 0) is 6.54 Å². The second-order valence-electron chi connectivity index (χ2n) is 6.43. The largest absolute Gasteiger partial charge is 0.459 e. The summed E-state index contributed by atoms with van der Waals surface area (Å²) in [5, 5.41) is 4.06. The average molecular weight is 371 g/mol. The molecule has 0 atom stereocenters. The van der Waals surface area contributed by atoms with Gasteiger partial charge in [0.25, 0.3) is 5.91 Å². The van der Waals surface area contributed by atoms with E-state index in [1.54, 1.807) is 23.5 Å². The highest BCUT2D eigenvalue weighted by atomic mass is 32.1. The summed E-state index contributed by atoms with van der Waals surface area (Å²) in [5.41, 5.74) is 1.99. The zero-order valence-electron chi connectivity index (χ0n) is 14.7. The highest BCUT2D eigenvalue weighted by molar-refractivity contribution is 7.08. The first kappa shape index (κ1) is 17.1. The molecular weight excluding hydrogens is 350 g/mol. The molecule has 0 bridgehead atoms. The van der Waals surface area contributed by atoms with Crippen LogP contribution in [0.3, 0.4) is 0 Å². The van der Waals surface area contributed by atoms with Crippen LogP contribution in [0, 0.1) is 6.92 Å². The molecule has 0 unspecified atom stereocenters. The number of thiophene rings is 1. The van der Waals surface area contributed by atoms with Gasteiger partial charge in [-0.2, -0.15) is 11.3 Å². The monoisotopic (exact) mass is 371 g/mol. The van der Waals surface area contributed by atoms with Crippen molar-refractivity contribution in [1.29, 1.82) is 0 Å². The normalized spacial score (nSPS) is 16.0. The molecule has 0 aromatic carbocycles. The van der Waals surface area contributed by atoms with Crippen molar-refractivity contribution in [2.45, 2.75) is 19.9 Å². The van der Waals surface area contributed by atoms with Gasteiger partial charge in [0.05, 0.1) is 12.0 Å². The molecule has 136 valence electrons. The van der Waals surface area contributed by atoms with Crippen LogP contribution >= 0.6 is 11.3 Å². The van der Waals surface area contributed by atoms with E-state index in [0.29, 0.717) is 18.2 Å². The molecule has 3 aromatic heterocycles. The number of oxazole rings is 1. The van der Waals surface area contributed by atoms with E-state index in [4.69, 9.17) is 8.83 Å². The molecule has 1 fully saturated rings. The summed E-state index contributed by atoms with van der Waals surface area (Å²) in [4.78, 5) is 21.3. The third kappa shape index (κ3) is 3.59. The van der Waals surface area contributed by atoms with Crippen LogP contribution in [0.1, 0.15) is 28.4 Å². The van der Waals surface area contributed by atoms with E-state index in [1.807, 2.05) is 28.7 Å². The Morgan fingerprint density at radius 3 is 2.96 bits per heavy atom. The molecule has 3 aromatic rings. The summed E-state index contributed by atoms with van der Waals surface area (Å²) in [6.07, 6.45) is 2.47. The number of carbonyl (C=O) groups is 1. The van der Waals surface area contributed by atoms with Gasteiger partial charge >= 0.3 is 0 Å². The third-order valence-electron chi connectivity index (χ3n) is 4.64. The molecule has 1 amide bonds. The molecule has 0 spiro atoms. The smallest absolute Gasteiger partial charge is 0.289 e. The fourth-order valence-electron chi connectivity index (χ4n) is 3.18. The van der Waals surface area contributed by atoms with E-state index < -0.39 is 0 Å². The molecule has 26 heavy (non-hydrogen) atoms. The van der Waals surface area contributed by atoms with Crippen molar-refractivity contribution >= 4 is 17.2 Å². The molecule has 1 aliphatic heterocycles. The molecule has 1 aliphatic rings. The van der Waals surface area contributed by atoms with Crippen molar-refractivity contribution in [2.75, 3.05) is 26.2 Å². The molecule has 0 saturated carbocycles. The van der Waals surface area contributed by atoms with E-state index in [-0.39, 0.29) is 5.91 Å². The van der Waals surface area contributed by atoms with Crippen molar-refractivity contribution in [3.63, 3.8) is 0 Å². The molecule has 0 radical (unpaired) electrons. The fraction of sp³-hybridized carbons (Fsp3) is 0.368. The van der Waals surface area contributed by atoms with Crippen LogP contribution in [0.25, 0.3) is 11.5 Å². The van der Waals surface area contributed by atoms with Gasteiger partial charge in [0.2, 0.25) is 5.89 Å². The molecule has 1 saturated heterocycles. The minimum atomic E-state index is -0.0331. The van der Waals surface area contributed by atoms with Crippen molar-refractivity contribution in [3.8, 4) is 11.5 Å². The summed E-state index contributed by atoms with van der Waals surface area (Å²) in [6.45, 7) is 5.88. The molecule has 0 aliphatic carbocycles. The van der Waals surface area contributed by atoms with Crippen molar-refractivity contribution in [2.24, 2.45) is 0 Å².